The molecular weight excluding hydrogens is 451 g/mol. The number of allylic oxidation sites excluding steroid dienone is 1. The van der Waals surface area contributed by atoms with Crippen molar-refractivity contribution in [1.29, 1.82) is 5.26 Å². The Morgan fingerprint density at radius 1 is 0.966 bits per heavy atom. The van der Waals surface area contributed by atoms with E-state index in [1.807, 2.05) is 0 Å². The summed E-state index contributed by atoms with van der Waals surface area (Å²) < 4.78 is 139. The summed E-state index contributed by atoms with van der Waals surface area (Å²) in [5, 5.41) is 12.1. The third kappa shape index (κ3) is 3.86. The van der Waals surface area contributed by atoms with Crippen molar-refractivity contribution >= 4 is 21.6 Å². The van der Waals surface area contributed by atoms with Crippen molar-refractivity contribution in [3.8, 4) is 6.07 Å². The summed E-state index contributed by atoms with van der Waals surface area (Å²) in [5.74, 6) is -15.0. The predicted octanol–water partition coefficient (Wildman–Crippen LogP) is 4.30. The number of nitro benzene ring substituents is 1. The van der Waals surface area contributed by atoms with Crippen molar-refractivity contribution < 1.29 is 52.9 Å². The summed E-state index contributed by atoms with van der Waals surface area (Å²) in [6.45, 7) is 0. The summed E-state index contributed by atoms with van der Waals surface area (Å²) in [6, 6.07) is 3.20. The van der Waals surface area contributed by atoms with Gasteiger partial charge >= 0.3 is 23.3 Å². The number of sulfone groups is 1. The molecule has 6 nitrogen and oxygen atoms in total. The number of non-ortho nitro benzene ring substituents is 1. The first-order chi connectivity index (χ1) is 12.8. The molecule has 0 bridgehead atoms. The van der Waals surface area contributed by atoms with E-state index in [1.54, 1.807) is 0 Å². The van der Waals surface area contributed by atoms with Gasteiger partial charge in [0.25, 0.3) is 15.5 Å². The molecule has 0 aliphatic carbocycles. The van der Waals surface area contributed by atoms with Gasteiger partial charge in [-0.05, 0) is 23.8 Å². The molecule has 0 aromatic heterocycles. The molecule has 160 valence electrons. The van der Waals surface area contributed by atoms with Crippen molar-refractivity contribution in [2.24, 2.45) is 0 Å². The molecule has 1 rings (SSSR count). The summed E-state index contributed by atoms with van der Waals surface area (Å²) in [5.41, 5.74) is -1.16. The maximum Gasteiger partial charge on any atom is 0.460 e. The lowest BCUT2D eigenvalue weighted by molar-refractivity contribution is -0.384. The number of benzene rings is 1. The fourth-order valence-corrected chi connectivity index (χ4v) is 2.83. The van der Waals surface area contributed by atoms with Gasteiger partial charge < -0.3 is 0 Å². The van der Waals surface area contributed by atoms with Gasteiger partial charge in [-0.3, -0.25) is 10.1 Å². The van der Waals surface area contributed by atoms with E-state index < -0.39 is 54.2 Å². The van der Waals surface area contributed by atoms with E-state index in [1.165, 1.54) is 0 Å². The zero-order chi connectivity index (χ0) is 23.1. The lowest BCUT2D eigenvalue weighted by atomic mass is 10.1. The number of hydrogen-bond acceptors (Lipinski definition) is 5. The van der Waals surface area contributed by atoms with E-state index in [9.17, 15) is 58.0 Å². The molecule has 0 atom stereocenters. The molecular formula is C13H5F9N2O4S. The molecule has 0 aliphatic rings. The Morgan fingerprint density at radius 3 is 1.76 bits per heavy atom. The summed E-state index contributed by atoms with van der Waals surface area (Å²) >= 11 is 0. The molecule has 0 aliphatic heterocycles. The Bertz CT molecular complexity index is 977. The maximum absolute atomic E-state index is 13.7. The van der Waals surface area contributed by atoms with Gasteiger partial charge in [0.2, 0.25) is 0 Å². The molecule has 0 unspecified atom stereocenters. The average molecular weight is 456 g/mol. The number of nitrogens with zero attached hydrogens (tertiary/aromatic N) is 2. The van der Waals surface area contributed by atoms with E-state index >= 15 is 0 Å². The molecule has 0 N–H and O–H groups in total. The number of nitro groups is 1. The number of alkyl halides is 9. The summed E-state index contributed by atoms with van der Waals surface area (Å²) in [6.07, 6.45) is -7.31. The average Bonchev–Trinajstić information content (AvgIpc) is 2.58. The molecule has 1 aromatic carbocycles. The van der Waals surface area contributed by atoms with Crippen molar-refractivity contribution in [3.05, 3.63) is 44.8 Å². The first-order valence-corrected chi connectivity index (χ1v) is 8.14. The highest BCUT2D eigenvalue weighted by atomic mass is 32.2. The molecule has 0 spiro atoms. The Morgan fingerprint density at radius 2 is 1.41 bits per heavy atom. The van der Waals surface area contributed by atoms with Gasteiger partial charge in [0, 0.05) is 12.1 Å². The lowest BCUT2D eigenvalue weighted by Crippen LogP contribution is -2.63. The molecule has 0 heterocycles. The minimum Gasteiger partial charge on any atom is -0.258 e. The zero-order valence-electron chi connectivity index (χ0n) is 13.2. The maximum atomic E-state index is 13.7. The third-order valence-corrected chi connectivity index (χ3v) is 4.97. The predicted molar refractivity (Wildman–Crippen MR) is 76.5 cm³/mol. The van der Waals surface area contributed by atoms with Crippen LogP contribution in [0.25, 0.3) is 6.08 Å². The van der Waals surface area contributed by atoms with Gasteiger partial charge in [0.15, 0.2) is 4.91 Å². The van der Waals surface area contributed by atoms with Crippen LogP contribution in [0.1, 0.15) is 5.56 Å². The normalized spacial score (nSPS) is 14.4. The molecule has 0 saturated heterocycles. The highest BCUT2D eigenvalue weighted by Gasteiger charge is 2.85. The van der Waals surface area contributed by atoms with Crippen molar-refractivity contribution in [2.75, 3.05) is 0 Å². The number of rotatable bonds is 6. The van der Waals surface area contributed by atoms with Crippen LogP contribution in [0.4, 0.5) is 45.2 Å². The quantitative estimate of drug-likeness (QED) is 0.275. The number of nitriles is 1. The van der Waals surface area contributed by atoms with E-state index in [0.717, 1.165) is 0 Å². The van der Waals surface area contributed by atoms with E-state index in [2.05, 4.69) is 0 Å². The van der Waals surface area contributed by atoms with Crippen LogP contribution in [0.5, 0.6) is 0 Å². The largest absolute Gasteiger partial charge is 0.460 e. The van der Waals surface area contributed by atoms with Gasteiger partial charge in [-0.25, -0.2) is 8.42 Å². The molecule has 0 saturated carbocycles. The fourth-order valence-electron chi connectivity index (χ4n) is 1.68. The van der Waals surface area contributed by atoms with Crippen LogP contribution in [-0.4, -0.2) is 36.6 Å². The first-order valence-electron chi connectivity index (χ1n) is 6.65. The number of halogens is 9. The summed E-state index contributed by atoms with van der Waals surface area (Å²) in [4.78, 5) is 7.24. The lowest BCUT2D eigenvalue weighted by Gasteiger charge is -2.32. The van der Waals surface area contributed by atoms with Crippen LogP contribution in [-0.2, 0) is 9.84 Å². The van der Waals surface area contributed by atoms with Crippen LogP contribution in [0.15, 0.2) is 29.2 Å². The van der Waals surface area contributed by atoms with E-state index in [-0.39, 0.29) is 6.08 Å². The van der Waals surface area contributed by atoms with Crippen LogP contribution in [0.2, 0.25) is 0 Å². The van der Waals surface area contributed by atoms with E-state index in [0.29, 0.717) is 30.3 Å². The highest BCUT2D eigenvalue weighted by molar-refractivity contribution is 7.96. The van der Waals surface area contributed by atoms with Crippen molar-refractivity contribution in [2.45, 2.75) is 23.3 Å². The van der Waals surface area contributed by atoms with Gasteiger partial charge in [-0.2, -0.15) is 44.8 Å². The Labute approximate surface area is 154 Å². The highest BCUT2D eigenvalue weighted by Crippen LogP contribution is 2.55. The second kappa shape index (κ2) is 7.21. The minimum absolute atomic E-state index is 0.0607. The minimum atomic E-state index is -7.48. The Kier molecular flexibility index (Phi) is 6.02. The van der Waals surface area contributed by atoms with Crippen molar-refractivity contribution in [3.63, 3.8) is 0 Å². The van der Waals surface area contributed by atoms with E-state index in [4.69, 9.17) is 5.26 Å². The fraction of sp³-hybridized carbons (Fsp3) is 0.308. The Hall–Kier alpha value is -2.83. The van der Waals surface area contributed by atoms with Crippen molar-refractivity contribution in [1.82, 2.24) is 0 Å². The van der Waals surface area contributed by atoms with Crippen LogP contribution in [0.3, 0.4) is 0 Å². The van der Waals surface area contributed by atoms with Gasteiger partial charge in [-0.1, -0.05) is 0 Å². The monoisotopic (exact) mass is 456 g/mol. The second-order valence-electron chi connectivity index (χ2n) is 5.14. The van der Waals surface area contributed by atoms with Gasteiger partial charge in [0.1, 0.15) is 6.07 Å². The molecule has 0 fully saturated rings. The molecule has 0 amide bonds. The third-order valence-electron chi connectivity index (χ3n) is 3.25. The second-order valence-corrected chi connectivity index (χ2v) is 7.10. The van der Waals surface area contributed by atoms with Gasteiger partial charge in [0.05, 0.1) is 4.92 Å². The standard InChI is InChI=1S/C13H5F9N2O4S/c14-10(15,12(18,19)20)11(16,17)13(21,22)29(27,28)9(6-23)5-7-1-3-8(4-2-7)24(25)26/h1-5H/b9-5+. The molecule has 29 heavy (non-hydrogen) atoms. The molecule has 0 radical (unpaired) electrons. The SMILES string of the molecule is N#C/C(=C\c1ccc([N+](=O)[O-])cc1)S(=O)(=O)C(F)(F)C(F)(F)C(F)(F)C(F)(F)F. The molecule has 16 heteroatoms. The first kappa shape index (κ1) is 24.2. The van der Waals surface area contributed by atoms with Gasteiger partial charge in [-0.15, -0.1) is 0 Å². The smallest absolute Gasteiger partial charge is 0.258 e. The topological polar surface area (TPSA) is 101 Å². The Balaban J connectivity index is 3.57. The zero-order valence-corrected chi connectivity index (χ0v) is 14.0. The summed E-state index contributed by atoms with van der Waals surface area (Å²) in [7, 11) is -7.07. The number of hydrogen-bond donors (Lipinski definition) is 0. The molecule has 1 aromatic rings. The van der Waals surface area contributed by atoms with Crippen LogP contribution in [0, 0.1) is 21.4 Å². The van der Waals surface area contributed by atoms with Crippen LogP contribution < -0.4 is 0 Å². The van der Waals surface area contributed by atoms with Crippen LogP contribution >= 0.6 is 0 Å².